The average Bonchev–Trinajstić information content (AvgIpc) is 3.15. The van der Waals surface area contributed by atoms with Gasteiger partial charge in [0.25, 0.3) is 0 Å². The molecule has 2 heterocycles. The molecule has 5 rings (SSSR count). The van der Waals surface area contributed by atoms with Crippen LogP contribution in [0, 0.1) is 12.3 Å². The lowest BCUT2D eigenvalue weighted by molar-refractivity contribution is -0.136. The summed E-state index contributed by atoms with van der Waals surface area (Å²) in [5.74, 6) is 0.380. The van der Waals surface area contributed by atoms with E-state index < -0.39 is 6.09 Å². The Morgan fingerprint density at radius 3 is 2.16 bits per heavy atom. The second kappa shape index (κ2) is 18.5. The summed E-state index contributed by atoms with van der Waals surface area (Å²) in [4.78, 5) is 43.3. The van der Waals surface area contributed by atoms with Gasteiger partial charge in [0.2, 0.25) is 11.8 Å². The minimum absolute atomic E-state index is 0.0693. The summed E-state index contributed by atoms with van der Waals surface area (Å²) < 4.78 is 5.73. The lowest BCUT2D eigenvalue weighted by Gasteiger charge is -2.37. The van der Waals surface area contributed by atoms with E-state index in [4.69, 9.17) is 4.74 Å². The monoisotopic (exact) mass is 666 g/mol. The van der Waals surface area contributed by atoms with Crippen molar-refractivity contribution >= 4 is 23.6 Å². The van der Waals surface area contributed by atoms with Crippen molar-refractivity contribution in [2.75, 3.05) is 57.4 Å². The van der Waals surface area contributed by atoms with Gasteiger partial charge in [-0.3, -0.25) is 14.5 Å². The fraction of sp³-hybridized carbons (Fsp3) is 0.450. The molecule has 9 heteroatoms. The summed E-state index contributed by atoms with van der Waals surface area (Å²) in [6.07, 6.45) is 6.43. The van der Waals surface area contributed by atoms with Crippen molar-refractivity contribution in [3.05, 3.63) is 96.4 Å². The minimum Gasteiger partial charge on any atom is -0.446 e. The van der Waals surface area contributed by atoms with E-state index in [1.165, 1.54) is 5.56 Å². The standard InChI is InChI=1S/C40H52N5O4/c1-3-43(4-2)39(47)35-23-28-42(29-24-35)31-33-19-17-32(18-20-33)21-22-38(46)41-25-30-49-40(48)45(44-26-11-6-12-27-44)37-16-10-9-15-36(37)34-13-7-5-8-14-34/h5-10,13-20,35H,3-4,11-12,21-31H2,1-2H3,(H,41,46). The quantitative estimate of drug-likeness (QED) is 0.202. The van der Waals surface area contributed by atoms with Gasteiger partial charge >= 0.3 is 6.09 Å². The van der Waals surface area contributed by atoms with E-state index in [1.54, 1.807) is 5.01 Å². The van der Waals surface area contributed by atoms with Gasteiger partial charge in [0.05, 0.1) is 12.2 Å². The fourth-order valence-corrected chi connectivity index (χ4v) is 6.76. The third kappa shape index (κ3) is 10.2. The second-order valence-electron chi connectivity index (χ2n) is 12.9. The smallest absolute Gasteiger partial charge is 0.429 e. The first-order chi connectivity index (χ1) is 24.0. The Labute approximate surface area is 292 Å². The number of rotatable bonds is 14. The van der Waals surface area contributed by atoms with Crippen LogP contribution in [-0.4, -0.2) is 85.1 Å². The first kappa shape index (κ1) is 36.1. The topological polar surface area (TPSA) is 85.4 Å². The molecule has 3 amide bonds. The molecule has 0 spiro atoms. The number of para-hydroxylation sites is 1. The van der Waals surface area contributed by atoms with Crippen LogP contribution in [0.2, 0.25) is 0 Å². The van der Waals surface area contributed by atoms with Crippen molar-refractivity contribution in [1.82, 2.24) is 20.1 Å². The summed E-state index contributed by atoms with van der Waals surface area (Å²) in [7, 11) is 0. The zero-order valence-corrected chi connectivity index (χ0v) is 29.2. The van der Waals surface area contributed by atoms with E-state index in [2.05, 4.69) is 40.9 Å². The van der Waals surface area contributed by atoms with E-state index in [9.17, 15) is 14.4 Å². The number of anilines is 1. The predicted octanol–water partition coefficient (Wildman–Crippen LogP) is 6.34. The third-order valence-electron chi connectivity index (χ3n) is 9.59. The molecule has 0 aliphatic carbocycles. The van der Waals surface area contributed by atoms with E-state index in [-0.39, 0.29) is 25.0 Å². The van der Waals surface area contributed by atoms with Gasteiger partial charge < -0.3 is 15.0 Å². The van der Waals surface area contributed by atoms with Crippen molar-refractivity contribution in [1.29, 1.82) is 0 Å². The highest BCUT2D eigenvalue weighted by molar-refractivity contribution is 5.93. The van der Waals surface area contributed by atoms with Crippen LogP contribution in [0.5, 0.6) is 0 Å². The Bertz CT molecular complexity index is 1480. The van der Waals surface area contributed by atoms with Crippen LogP contribution in [0.15, 0.2) is 78.9 Å². The van der Waals surface area contributed by atoms with Crippen molar-refractivity contribution in [2.45, 2.75) is 58.9 Å². The molecule has 1 N–H and O–H groups in total. The van der Waals surface area contributed by atoms with Crippen LogP contribution in [0.25, 0.3) is 11.1 Å². The Balaban J connectivity index is 1.05. The molecule has 261 valence electrons. The van der Waals surface area contributed by atoms with Crippen LogP contribution in [0.3, 0.4) is 0 Å². The molecule has 0 unspecified atom stereocenters. The summed E-state index contributed by atoms with van der Waals surface area (Å²) in [6.45, 7) is 10.2. The molecule has 3 aromatic carbocycles. The van der Waals surface area contributed by atoms with Gasteiger partial charge in [-0.05, 0) is 88.2 Å². The molecular formula is C40H52N5O4. The lowest BCUT2D eigenvalue weighted by atomic mass is 9.94. The van der Waals surface area contributed by atoms with Gasteiger partial charge in [0, 0.05) is 50.6 Å². The molecule has 2 aliphatic rings. The Hall–Kier alpha value is -4.21. The van der Waals surface area contributed by atoms with E-state index in [0.717, 1.165) is 93.9 Å². The molecular weight excluding hydrogens is 614 g/mol. The number of hydrogen-bond acceptors (Lipinski definition) is 6. The van der Waals surface area contributed by atoms with Crippen LogP contribution in [-0.2, 0) is 27.3 Å². The van der Waals surface area contributed by atoms with Gasteiger partial charge in [-0.2, -0.15) is 0 Å². The minimum atomic E-state index is -0.447. The van der Waals surface area contributed by atoms with E-state index in [0.29, 0.717) is 18.7 Å². The largest absolute Gasteiger partial charge is 0.446 e. The van der Waals surface area contributed by atoms with Gasteiger partial charge in [-0.1, -0.05) is 72.8 Å². The summed E-state index contributed by atoms with van der Waals surface area (Å²) in [5, 5.41) is 6.62. The number of amides is 3. The number of likely N-dealkylation sites (tertiary alicyclic amines) is 1. The zero-order valence-electron chi connectivity index (χ0n) is 29.2. The normalized spacial score (nSPS) is 15.8. The lowest BCUT2D eigenvalue weighted by Crippen LogP contribution is -2.50. The molecule has 0 bridgehead atoms. The number of carbonyl (C=O) groups excluding carboxylic acids is 3. The third-order valence-corrected chi connectivity index (χ3v) is 9.59. The highest BCUT2D eigenvalue weighted by Crippen LogP contribution is 2.33. The van der Waals surface area contributed by atoms with Crippen LogP contribution in [0.1, 0.15) is 57.1 Å². The first-order valence-electron chi connectivity index (χ1n) is 18.0. The molecule has 1 radical (unpaired) electrons. The van der Waals surface area contributed by atoms with Crippen LogP contribution in [0.4, 0.5) is 10.5 Å². The number of carbonyl (C=O) groups is 3. The van der Waals surface area contributed by atoms with Crippen molar-refractivity contribution in [3.8, 4) is 11.1 Å². The number of hydrazine groups is 1. The number of piperidine rings is 2. The zero-order chi connectivity index (χ0) is 34.4. The summed E-state index contributed by atoms with van der Waals surface area (Å²) >= 11 is 0. The second-order valence-corrected chi connectivity index (χ2v) is 12.9. The fourth-order valence-electron chi connectivity index (χ4n) is 6.76. The molecule has 2 saturated heterocycles. The maximum absolute atomic E-state index is 13.5. The highest BCUT2D eigenvalue weighted by atomic mass is 16.6. The SMILES string of the molecule is CCN(CC)C(=O)C1CCN(Cc2ccc(CCC(=O)NCCOC(=O)N(c3ccccc3-c3ccccc3)N3CC[CH]CC3)cc2)CC1. The molecule has 0 atom stereocenters. The van der Waals surface area contributed by atoms with Crippen molar-refractivity contribution in [2.24, 2.45) is 5.92 Å². The van der Waals surface area contributed by atoms with Crippen LogP contribution >= 0.6 is 0 Å². The number of hydrogen-bond donors (Lipinski definition) is 1. The number of aryl methyl sites for hydroxylation is 1. The molecule has 2 fully saturated rings. The number of ether oxygens (including phenoxy) is 1. The highest BCUT2D eigenvalue weighted by Gasteiger charge is 2.29. The summed E-state index contributed by atoms with van der Waals surface area (Å²) in [5.41, 5.74) is 5.12. The molecule has 2 aliphatic heterocycles. The first-order valence-corrected chi connectivity index (χ1v) is 18.0. The molecule has 49 heavy (non-hydrogen) atoms. The Morgan fingerprint density at radius 1 is 0.816 bits per heavy atom. The predicted molar refractivity (Wildman–Crippen MR) is 195 cm³/mol. The maximum Gasteiger partial charge on any atom is 0.429 e. The van der Waals surface area contributed by atoms with Gasteiger partial charge in [0.15, 0.2) is 0 Å². The van der Waals surface area contributed by atoms with Gasteiger partial charge in [-0.25, -0.2) is 14.8 Å². The van der Waals surface area contributed by atoms with Crippen LogP contribution < -0.4 is 10.3 Å². The Morgan fingerprint density at radius 2 is 1.47 bits per heavy atom. The summed E-state index contributed by atoms with van der Waals surface area (Å²) in [6, 6.07) is 26.4. The van der Waals surface area contributed by atoms with E-state index in [1.807, 2.05) is 78.4 Å². The molecule has 0 saturated carbocycles. The van der Waals surface area contributed by atoms with Gasteiger partial charge in [-0.15, -0.1) is 0 Å². The molecule has 9 nitrogen and oxygen atoms in total. The van der Waals surface area contributed by atoms with Crippen molar-refractivity contribution < 1.29 is 19.1 Å². The van der Waals surface area contributed by atoms with Crippen molar-refractivity contribution in [3.63, 3.8) is 0 Å². The van der Waals surface area contributed by atoms with Gasteiger partial charge in [0.1, 0.15) is 6.61 Å². The molecule has 0 aromatic heterocycles. The number of nitrogens with one attached hydrogen (secondary N) is 1. The van der Waals surface area contributed by atoms with E-state index >= 15 is 0 Å². The molecule has 3 aromatic rings. The average molecular weight is 667 g/mol. The maximum atomic E-state index is 13.5. The number of nitrogens with zero attached hydrogens (tertiary/aromatic N) is 4. The Kier molecular flexibility index (Phi) is 13.6. The number of benzene rings is 3.